The second-order valence-corrected chi connectivity index (χ2v) is 1.32. The first kappa shape index (κ1) is 8.47. The molecule has 1 aromatic heterocycles. The Kier molecular flexibility index (Phi) is 4.10. The largest absolute Gasteiger partial charge is 0.417 e. The van der Waals surface area contributed by atoms with E-state index in [2.05, 4.69) is 4.98 Å². The Hall–Kier alpha value is -0.531. The molecule has 0 amide bonds. The van der Waals surface area contributed by atoms with Gasteiger partial charge in [-0.25, -0.2) is 0 Å². The number of hydrogen-bond acceptors (Lipinski definition) is 2. The summed E-state index contributed by atoms with van der Waals surface area (Å²) in [5.41, 5.74) is 0.354. The van der Waals surface area contributed by atoms with Crippen LogP contribution in [0.15, 0.2) is 24.4 Å². The molecular formula is C6H4IrNO-. The van der Waals surface area contributed by atoms with Crippen LogP contribution in [0.1, 0.15) is 5.69 Å². The van der Waals surface area contributed by atoms with Gasteiger partial charge in [-0.3, -0.25) is 4.98 Å². The van der Waals surface area contributed by atoms with Gasteiger partial charge in [-0.2, -0.15) is 6.07 Å². The quantitative estimate of drug-likeness (QED) is 0.708. The number of carbonyl (C=O) groups excluding carboxylic acids is 1. The van der Waals surface area contributed by atoms with Gasteiger partial charge in [0.25, 0.3) is 0 Å². The molecule has 1 rings (SSSR count). The van der Waals surface area contributed by atoms with Crippen molar-refractivity contribution in [3.05, 3.63) is 30.1 Å². The third kappa shape index (κ3) is 2.49. The number of rotatable bonds is 1. The van der Waals surface area contributed by atoms with Crippen molar-refractivity contribution >= 4 is 6.29 Å². The summed E-state index contributed by atoms with van der Waals surface area (Å²) in [7, 11) is 0. The number of pyridine rings is 1. The van der Waals surface area contributed by atoms with Crippen molar-refractivity contribution in [2.75, 3.05) is 0 Å². The summed E-state index contributed by atoms with van der Waals surface area (Å²) >= 11 is 0. The standard InChI is InChI=1S/C6H4NO.Ir/c8-5-6-3-1-2-4-7-6;/h1-4H;/q-1;. The van der Waals surface area contributed by atoms with Crippen molar-refractivity contribution in [3.63, 3.8) is 0 Å². The predicted octanol–water partition coefficient (Wildman–Crippen LogP) is 0.537. The van der Waals surface area contributed by atoms with Crippen LogP contribution in [0.3, 0.4) is 0 Å². The van der Waals surface area contributed by atoms with Crippen molar-refractivity contribution < 1.29 is 24.9 Å². The van der Waals surface area contributed by atoms with Crippen LogP contribution in [0.25, 0.3) is 0 Å². The summed E-state index contributed by atoms with van der Waals surface area (Å²) in [4.78, 5) is 13.5. The smallest absolute Gasteiger partial charge is 0.0223 e. The molecule has 1 heterocycles. The molecule has 0 spiro atoms. The van der Waals surface area contributed by atoms with Crippen LogP contribution in [-0.2, 0) is 24.9 Å². The summed E-state index contributed by atoms with van der Waals surface area (Å²) in [5, 5.41) is 0. The second kappa shape index (κ2) is 4.36. The van der Waals surface area contributed by atoms with Crippen LogP contribution in [0.5, 0.6) is 0 Å². The van der Waals surface area contributed by atoms with Crippen molar-refractivity contribution in [1.29, 1.82) is 0 Å². The first-order valence-electron chi connectivity index (χ1n) is 2.22. The van der Waals surface area contributed by atoms with Gasteiger partial charge in [0.05, 0.1) is 0 Å². The van der Waals surface area contributed by atoms with E-state index in [0.29, 0.717) is 5.69 Å². The maximum absolute atomic E-state index is 9.82. The zero-order valence-corrected chi connectivity index (χ0v) is 6.89. The molecule has 0 unspecified atom stereocenters. The third-order valence-corrected chi connectivity index (χ3v) is 0.769. The Bertz CT molecular complexity index is 176. The average molecular weight is 298 g/mol. The van der Waals surface area contributed by atoms with Gasteiger partial charge in [0, 0.05) is 32.6 Å². The fourth-order valence-corrected chi connectivity index (χ4v) is 0.423. The van der Waals surface area contributed by atoms with Crippen LogP contribution in [0.2, 0.25) is 0 Å². The van der Waals surface area contributed by atoms with Crippen LogP contribution in [-0.4, -0.2) is 11.3 Å². The summed E-state index contributed by atoms with van der Waals surface area (Å²) in [6.07, 6.45) is 3.22. The number of hydrogen-bond donors (Lipinski definition) is 0. The minimum absolute atomic E-state index is 0. The third-order valence-electron chi connectivity index (χ3n) is 0.769. The zero-order valence-electron chi connectivity index (χ0n) is 4.50. The molecule has 3 heteroatoms. The molecule has 0 saturated carbocycles. The topological polar surface area (TPSA) is 30.0 Å². The van der Waals surface area contributed by atoms with Gasteiger partial charge in [-0.1, -0.05) is 11.8 Å². The Morgan fingerprint density at radius 3 is 2.56 bits per heavy atom. The predicted molar refractivity (Wildman–Crippen MR) is 29.0 cm³/mol. The molecule has 0 aliphatic heterocycles. The first-order valence-corrected chi connectivity index (χ1v) is 2.22. The maximum Gasteiger partial charge on any atom is 0.0223 e. The monoisotopic (exact) mass is 299 g/mol. The second-order valence-electron chi connectivity index (χ2n) is 1.32. The zero-order chi connectivity index (χ0) is 5.82. The van der Waals surface area contributed by atoms with E-state index in [1.54, 1.807) is 30.7 Å². The van der Waals surface area contributed by atoms with Gasteiger partial charge in [0.2, 0.25) is 0 Å². The Labute approximate surface area is 66.7 Å². The molecule has 0 atom stereocenters. The van der Waals surface area contributed by atoms with E-state index in [1.807, 2.05) is 0 Å². The fourth-order valence-electron chi connectivity index (χ4n) is 0.423. The molecule has 0 aromatic carbocycles. The minimum atomic E-state index is 0. The van der Waals surface area contributed by atoms with E-state index in [9.17, 15) is 4.79 Å². The molecule has 2 nitrogen and oxygen atoms in total. The Morgan fingerprint density at radius 1 is 1.44 bits per heavy atom. The van der Waals surface area contributed by atoms with E-state index in [1.165, 1.54) is 0 Å². The van der Waals surface area contributed by atoms with E-state index < -0.39 is 0 Å². The van der Waals surface area contributed by atoms with Crippen molar-refractivity contribution in [1.82, 2.24) is 4.98 Å². The Balaban J connectivity index is 0.000000640. The Morgan fingerprint density at radius 2 is 2.22 bits per heavy atom. The van der Waals surface area contributed by atoms with Crippen LogP contribution >= 0.6 is 0 Å². The summed E-state index contributed by atoms with van der Waals surface area (Å²) in [6.45, 7) is 0. The molecule has 0 bridgehead atoms. The maximum atomic E-state index is 9.82. The van der Waals surface area contributed by atoms with Gasteiger partial charge in [-0.05, 0) is 0 Å². The molecule has 0 saturated heterocycles. The minimum Gasteiger partial charge on any atom is -0.417 e. The van der Waals surface area contributed by atoms with E-state index in [-0.39, 0.29) is 20.1 Å². The van der Waals surface area contributed by atoms with Crippen LogP contribution < -0.4 is 0 Å². The van der Waals surface area contributed by atoms with Crippen LogP contribution in [0.4, 0.5) is 0 Å². The average Bonchev–Trinajstić information content (AvgIpc) is 1.90. The summed E-state index contributed by atoms with van der Waals surface area (Å²) in [5.74, 6) is 0. The van der Waals surface area contributed by atoms with E-state index in [4.69, 9.17) is 0 Å². The van der Waals surface area contributed by atoms with Gasteiger partial charge in [-0.15, -0.1) is 6.07 Å². The van der Waals surface area contributed by atoms with E-state index >= 15 is 0 Å². The van der Waals surface area contributed by atoms with Gasteiger partial charge in [0.1, 0.15) is 0 Å². The van der Waals surface area contributed by atoms with E-state index in [0.717, 1.165) is 0 Å². The first-order chi connectivity index (χ1) is 3.93. The van der Waals surface area contributed by atoms with Crippen molar-refractivity contribution in [2.45, 2.75) is 0 Å². The number of aromatic nitrogens is 1. The van der Waals surface area contributed by atoms with Crippen LogP contribution in [0, 0.1) is 0 Å². The number of nitrogens with zero attached hydrogens (tertiary/aromatic N) is 1. The molecule has 0 aliphatic carbocycles. The molecule has 9 heavy (non-hydrogen) atoms. The van der Waals surface area contributed by atoms with Gasteiger partial charge < -0.3 is 4.79 Å². The molecule has 49 valence electrons. The normalized spacial score (nSPS) is 7.56. The van der Waals surface area contributed by atoms with Crippen molar-refractivity contribution in [3.8, 4) is 0 Å². The molecule has 0 aliphatic rings. The molecule has 1 aromatic rings. The SMILES string of the molecule is O=[C-]c1ccccn1.[Ir]. The summed E-state index contributed by atoms with van der Waals surface area (Å²) in [6, 6.07) is 5.10. The fraction of sp³-hybridized carbons (Fsp3) is 0. The summed E-state index contributed by atoms with van der Waals surface area (Å²) < 4.78 is 0. The molecule has 0 N–H and O–H groups in total. The van der Waals surface area contributed by atoms with Gasteiger partial charge in [0.15, 0.2) is 0 Å². The molecule has 0 fully saturated rings. The van der Waals surface area contributed by atoms with Crippen molar-refractivity contribution in [2.24, 2.45) is 0 Å². The molecule has 1 radical (unpaired) electrons. The van der Waals surface area contributed by atoms with Gasteiger partial charge >= 0.3 is 0 Å². The molecular weight excluding hydrogens is 294 g/mol.